The van der Waals surface area contributed by atoms with Crippen molar-refractivity contribution in [3.05, 3.63) is 29.6 Å². The number of rotatable bonds is 12. The molecule has 0 fully saturated rings. The van der Waals surface area contributed by atoms with Crippen LogP contribution in [0.5, 0.6) is 0 Å². The maximum absolute atomic E-state index is 5.92. The van der Waals surface area contributed by atoms with Crippen LogP contribution in [0, 0.1) is 6.92 Å². The Hall–Kier alpha value is -2.78. The number of hydrogen-bond acceptors (Lipinski definition) is 8. The normalized spacial score (nSPS) is 12.3. The number of hydrogen-bond donors (Lipinski definition) is 1. The first kappa shape index (κ1) is 23.9. The Bertz CT molecular complexity index is 1020. The number of anilines is 3. The van der Waals surface area contributed by atoms with E-state index in [2.05, 4.69) is 17.2 Å². The maximum atomic E-state index is 5.92. The zero-order valence-electron chi connectivity index (χ0n) is 20.1. The molecule has 0 aliphatic carbocycles. The summed E-state index contributed by atoms with van der Waals surface area (Å²) in [5.74, 6) is 2.02. The van der Waals surface area contributed by atoms with Gasteiger partial charge < -0.3 is 19.7 Å². The first-order chi connectivity index (χ1) is 15.5. The van der Waals surface area contributed by atoms with Gasteiger partial charge in [0.25, 0.3) is 0 Å². The Morgan fingerprint density at radius 2 is 1.97 bits per heavy atom. The van der Waals surface area contributed by atoms with Crippen LogP contribution in [-0.2, 0) is 22.4 Å². The third kappa shape index (κ3) is 5.72. The fourth-order valence-corrected chi connectivity index (χ4v) is 3.51. The van der Waals surface area contributed by atoms with Crippen molar-refractivity contribution in [3.63, 3.8) is 0 Å². The van der Waals surface area contributed by atoms with E-state index < -0.39 is 0 Å². The third-order valence-electron chi connectivity index (χ3n) is 5.14. The maximum Gasteiger partial charge on any atom is 0.227 e. The van der Waals surface area contributed by atoms with Crippen molar-refractivity contribution >= 4 is 28.6 Å². The summed E-state index contributed by atoms with van der Waals surface area (Å²) in [5.41, 5.74) is 3.70. The minimum absolute atomic E-state index is 0.0889. The van der Waals surface area contributed by atoms with Gasteiger partial charge in [-0.15, -0.1) is 0 Å². The fraction of sp³-hybridized carbons (Fsp3) is 0.565. The van der Waals surface area contributed by atoms with Gasteiger partial charge in [0.05, 0.1) is 24.9 Å². The molecule has 9 nitrogen and oxygen atoms in total. The number of ether oxygens (including phenoxy) is 2. The summed E-state index contributed by atoms with van der Waals surface area (Å²) < 4.78 is 13.5. The van der Waals surface area contributed by atoms with Crippen LogP contribution in [0.15, 0.2) is 18.3 Å². The number of nitrogens with one attached hydrogen (secondary N) is 1. The highest BCUT2D eigenvalue weighted by Gasteiger charge is 2.22. The molecule has 0 spiro atoms. The van der Waals surface area contributed by atoms with Crippen LogP contribution in [0.3, 0.4) is 0 Å². The highest BCUT2D eigenvalue weighted by Crippen LogP contribution is 2.29. The molecule has 3 aromatic rings. The molecule has 9 heteroatoms. The van der Waals surface area contributed by atoms with E-state index in [1.165, 1.54) is 0 Å². The molecule has 0 bridgehead atoms. The Morgan fingerprint density at radius 1 is 1.16 bits per heavy atom. The summed E-state index contributed by atoms with van der Waals surface area (Å²) >= 11 is 0. The molecule has 0 saturated carbocycles. The van der Waals surface area contributed by atoms with Crippen molar-refractivity contribution in [3.8, 4) is 0 Å². The van der Waals surface area contributed by atoms with Crippen LogP contribution >= 0.6 is 0 Å². The summed E-state index contributed by atoms with van der Waals surface area (Å²) in [7, 11) is 3.87. The van der Waals surface area contributed by atoms with Crippen molar-refractivity contribution < 1.29 is 9.47 Å². The van der Waals surface area contributed by atoms with Gasteiger partial charge in [-0.05, 0) is 44.9 Å². The van der Waals surface area contributed by atoms with Gasteiger partial charge in [-0.25, -0.2) is 9.97 Å². The van der Waals surface area contributed by atoms with E-state index in [-0.39, 0.29) is 6.10 Å². The number of pyridine rings is 1. The molecule has 1 N–H and O–H groups in total. The lowest BCUT2D eigenvalue weighted by molar-refractivity contribution is 0.0600. The van der Waals surface area contributed by atoms with Crippen LogP contribution in [0.2, 0.25) is 0 Å². The lowest BCUT2D eigenvalue weighted by atomic mass is 10.1. The zero-order chi connectivity index (χ0) is 23.1. The predicted octanol–water partition coefficient (Wildman–Crippen LogP) is 3.73. The Balaban J connectivity index is 2.13. The molecular formula is C23H35N7O2. The highest BCUT2D eigenvalue weighted by molar-refractivity contribution is 5.90. The SMILES string of the molecule is CCOCCn1nc(CC(CC)OCC)c2nc(N(C)C)nc(Nc3cc(C)ccn3)c21. The van der Waals surface area contributed by atoms with Crippen molar-refractivity contribution in [1.29, 1.82) is 0 Å². The molecule has 3 aromatic heterocycles. The highest BCUT2D eigenvalue weighted by atomic mass is 16.5. The van der Waals surface area contributed by atoms with E-state index in [0.29, 0.717) is 44.6 Å². The lowest BCUT2D eigenvalue weighted by Gasteiger charge is -2.15. The topological polar surface area (TPSA) is 90.2 Å². The first-order valence-corrected chi connectivity index (χ1v) is 11.3. The van der Waals surface area contributed by atoms with E-state index in [0.717, 1.165) is 34.5 Å². The molecule has 0 amide bonds. The molecular weight excluding hydrogens is 406 g/mol. The quantitative estimate of drug-likeness (QED) is 0.425. The predicted molar refractivity (Wildman–Crippen MR) is 128 cm³/mol. The van der Waals surface area contributed by atoms with E-state index in [9.17, 15) is 0 Å². The second-order valence-corrected chi connectivity index (χ2v) is 7.86. The number of fused-ring (bicyclic) bond motifs is 1. The molecule has 3 heterocycles. The van der Waals surface area contributed by atoms with Gasteiger partial charge in [0.15, 0.2) is 5.82 Å². The van der Waals surface area contributed by atoms with Crippen LogP contribution in [0.1, 0.15) is 38.4 Å². The van der Waals surface area contributed by atoms with E-state index in [4.69, 9.17) is 24.5 Å². The Labute approximate surface area is 190 Å². The number of aryl methyl sites for hydroxylation is 1. The standard InChI is InChI=1S/C23H35N7O2/c1-7-17(32-9-3)15-18-20-21(30(28-18)12-13-31-8-2)22(27-23(26-20)29(5)6)25-19-14-16(4)10-11-24-19/h10-11,14,17H,7-9,12-13,15H2,1-6H3,(H,24,25,26,27). The van der Waals surface area contributed by atoms with E-state index in [1.54, 1.807) is 6.20 Å². The van der Waals surface area contributed by atoms with Crippen molar-refractivity contribution in [2.45, 2.75) is 53.2 Å². The van der Waals surface area contributed by atoms with Crippen LogP contribution in [-0.4, -0.2) is 64.8 Å². The average molecular weight is 442 g/mol. The van der Waals surface area contributed by atoms with Crippen molar-refractivity contribution in [2.75, 3.05) is 44.1 Å². The molecule has 0 aromatic carbocycles. The molecule has 0 aliphatic heterocycles. The third-order valence-corrected chi connectivity index (χ3v) is 5.14. The first-order valence-electron chi connectivity index (χ1n) is 11.3. The molecule has 1 unspecified atom stereocenters. The summed E-state index contributed by atoms with van der Waals surface area (Å²) in [6, 6.07) is 3.96. The largest absolute Gasteiger partial charge is 0.380 e. The molecule has 0 saturated heterocycles. The molecule has 32 heavy (non-hydrogen) atoms. The van der Waals surface area contributed by atoms with E-state index in [1.807, 2.05) is 56.6 Å². The van der Waals surface area contributed by atoms with Gasteiger partial charge in [-0.2, -0.15) is 10.1 Å². The summed E-state index contributed by atoms with van der Waals surface area (Å²) in [6.07, 6.45) is 3.47. The fourth-order valence-electron chi connectivity index (χ4n) is 3.51. The van der Waals surface area contributed by atoms with Gasteiger partial charge in [-0.1, -0.05) is 6.92 Å². The van der Waals surface area contributed by atoms with Gasteiger partial charge in [0, 0.05) is 39.9 Å². The smallest absolute Gasteiger partial charge is 0.227 e. The molecule has 0 aliphatic rings. The van der Waals surface area contributed by atoms with Crippen LogP contribution < -0.4 is 10.2 Å². The van der Waals surface area contributed by atoms with Crippen molar-refractivity contribution in [1.82, 2.24) is 24.7 Å². The molecule has 3 rings (SSSR count). The molecule has 1 atom stereocenters. The van der Waals surface area contributed by atoms with Gasteiger partial charge in [0.2, 0.25) is 5.95 Å². The number of aromatic nitrogens is 5. The average Bonchev–Trinajstić information content (AvgIpc) is 3.11. The minimum atomic E-state index is 0.0889. The van der Waals surface area contributed by atoms with E-state index >= 15 is 0 Å². The summed E-state index contributed by atoms with van der Waals surface area (Å²) in [5, 5.41) is 8.32. The minimum Gasteiger partial charge on any atom is -0.380 e. The summed E-state index contributed by atoms with van der Waals surface area (Å²) in [6.45, 7) is 10.7. The van der Waals surface area contributed by atoms with Crippen molar-refractivity contribution in [2.24, 2.45) is 0 Å². The molecule has 174 valence electrons. The number of nitrogens with zero attached hydrogens (tertiary/aromatic N) is 6. The van der Waals surface area contributed by atoms with Crippen LogP contribution in [0.4, 0.5) is 17.6 Å². The second-order valence-electron chi connectivity index (χ2n) is 7.86. The lowest BCUT2D eigenvalue weighted by Crippen LogP contribution is -2.16. The second kappa shape index (κ2) is 11.2. The monoisotopic (exact) mass is 441 g/mol. The Morgan fingerprint density at radius 3 is 2.62 bits per heavy atom. The molecule has 0 radical (unpaired) electrons. The zero-order valence-corrected chi connectivity index (χ0v) is 20.1. The van der Waals surface area contributed by atoms with Gasteiger partial charge in [-0.3, -0.25) is 4.68 Å². The van der Waals surface area contributed by atoms with Crippen LogP contribution in [0.25, 0.3) is 11.0 Å². The van der Waals surface area contributed by atoms with Gasteiger partial charge >= 0.3 is 0 Å². The van der Waals surface area contributed by atoms with Gasteiger partial charge in [0.1, 0.15) is 16.9 Å². The Kier molecular flexibility index (Phi) is 8.35. The summed E-state index contributed by atoms with van der Waals surface area (Å²) in [4.78, 5) is 16.0.